The number of piperidine rings is 1. The molecule has 6 heteroatoms. The predicted molar refractivity (Wildman–Crippen MR) is 99.3 cm³/mol. The van der Waals surface area contributed by atoms with E-state index in [-0.39, 0.29) is 17.7 Å². The van der Waals surface area contributed by atoms with Crippen LogP contribution in [-0.2, 0) is 23.2 Å². The minimum Gasteiger partial charge on any atom is -0.349 e. The molecule has 2 amide bonds. The van der Waals surface area contributed by atoms with Gasteiger partial charge in [0.25, 0.3) is 0 Å². The van der Waals surface area contributed by atoms with Crippen molar-refractivity contribution in [2.45, 2.75) is 51.1 Å². The van der Waals surface area contributed by atoms with Crippen LogP contribution in [0.5, 0.6) is 0 Å². The molecule has 0 radical (unpaired) electrons. The van der Waals surface area contributed by atoms with Gasteiger partial charge in [0.2, 0.25) is 11.8 Å². The van der Waals surface area contributed by atoms with Gasteiger partial charge in [0.15, 0.2) is 0 Å². The second-order valence-electron chi connectivity index (χ2n) is 7.51. The highest BCUT2D eigenvalue weighted by molar-refractivity contribution is 5.84. The number of carbonyl (C=O) groups excluding carboxylic acids is 2. The van der Waals surface area contributed by atoms with Gasteiger partial charge in [-0.1, -0.05) is 25.0 Å². The third-order valence-electron chi connectivity index (χ3n) is 5.88. The zero-order valence-electron chi connectivity index (χ0n) is 15.3. The molecule has 1 N–H and O–H groups in total. The number of fused-ring (bicyclic) bond motifs is 1. The topological polar surface area (TPSA) is 67.2 Å². The maximum Gasteiger partial charge on any atom is 0.225 e. The number of nitrogens with one attached hydrogen (secondary N) is 1. The number of carbonyl (C=O) groups is 2. The molecule has 2 fully saturated rings. The summed E-state index contributed by atoms with van der Waals surface area (Å²) >= 11 is 0. The second kappa shape index (κ2) is 7.09. The van der Waals surface area contributed by atoms with Crippen molar-refractivity contribution >= 4 is 22.8 Å². The maximum absolute atomic E-state index is 12.7. The molecule has 2 aromatic rings. The van der Waals surface area contributed by atoms with Crippen LogP contribution in [0.4, 0.5) is 0 Å². The van der Waals surface area contributed by atoms with Crippen molar-refractivity contribution in [3.8, 4) is 0 Å². The fraction of sp³-hybridized carbons (Fsp3) is 0.550. The Balaban J connectivity index is 1.39. The fourth-order valence-electron chi connectivity index (χ4n) is 4.32. The molecule has 1 atom stereocenters. The highest BCUT2D eigenvalue weighted by atomic mass is 16.2. The van der Waals surface area contributed by atoms with E-state index in [1.165, 1.54) is 12.8 Å². The molecule has 1 aliphatic heterocycles. The number of para-hydroxylation sites is 2. The van der Waals surface area contributed by atoms with Crippen molar-refractivity contribution in [3.05, 3.63) is 30.1 Å². The number of likely N-dealkylation sites (tertiary alicyclic amines) is 1. The van der Waals surface area contributed by atoms with Gasteiger partial charge >= 0.3 is 0 Å². The minimum atomic E-state index is -0.108. The summed E-state index contributed by atoms with van der Waals surface area (Å²) in [5, 5.41) is 3.04. The van der Waals surface area contributed by atoms with E-state index in [1.54, 1.807) is 0 Å². The molecule has 1 aliphatic carbocycles. The van der Waals surface area contributed by atoms with Crippen molar-refractivity contribution in [2.75, 3.05) is 6.54 Å². The average Bonchev–Trinajstić information content (AvgIpc) is 3.29. The van der Waals surface area contributed by atoms with Crippen LogP contribution in [0.1, 0.15) is 44.3 Å². The van der Waals surface area contributed by atoms with E-state index in [4.69, 9.17) is 0 Å². The molecule has 2 heterocycles. The lowest BCUT2D eigenvalue weighted by molar-refractivity contribution is -0.140. The first-order valence-corrected chi connectivity index (χ1v) is 9.61. The van der Waals surface area contributed by atoms with Gasteiger partial charge in [0.1, 0.15) is 5.82 Å². The summed E-state index contributed by atoms with van der Waals surface area (Å²) in [6.07, 6.45) is 5.69. The molecule has 2 aliphatic rings. The largest absolute Gasteiger partial charge is 0.349 e. The normalized spacial score (nSPS) is 21.5. The first-order chi connectivity index (χ1) is 12.6. The quantitative estimate of drug-likeness (QED) is 0.917. The third-order valence-corrected chi connectivity index (χ3v) is 5.88. The van der Waals surface area contributed by atoms with Crippen LogP contribution in [-0.4, -0.2) is 38.9 Å². The Morgan fingerprint density at radius 2 is 2.00 bits per heavy atom. The van der Waals surface area contributed by atoms with E-state index >= 15 is 0 Å². The molecule has 6 nitrogen and oxygen atoms in total. The Bertz CT molecular complexity index is 822. The lowest BCUT2D eigenvalue weighted by Gasteiger charge is -2.36. The summed E-state index contributed by atoms with van der Waals surface area (Å²) in [5.74, 6) is 0.992. The second-order valence-corrected chi connectivity index (χ2v) is 7.51. The number of amides is 2. The number of aryl methyl sites for hydroxylation is 1. The summed E-state index contributed by atoms with van der Waals surface area (Å²) in [5.41, 5.74) is 2.00. The van der Waals surface area contributed by atoms with E-state index in [0.717, 1.165) is 29.7 Å². The average molecular weight is 354 g/mol. The summed E-state index contributed by atoms with van der Waals surface area (Å²) in [6, 6.07) is 8.31. The summed E-state index contributed by atoms with van der Waals surface area (Å²) in [4.78, 5) is 31.5. The first-order valence-electron chi connectivity index (χ1n) is 9.61. The zero-order chi connectivity index (χ0) is 18.1. The van der Waals surface area contributed by atoms with Gasteiger partial charge in [0.05, 0.1) is 23.5 Å². The van der Waals surface area contributed by atoms with E-state index in [1.807, 2.05) is 40.8 Å². The van der Waals surface area contributed by atoms with Crippen LogP contribution >= 0.6 is 0 Å². The first kappa shape index (κ1) is 17.1. The van der Waals surface area contributed by atoms with Gasteiger partial charge in [-0.05, 0) is 31.4 Å². The molecule has 1 unspecified atom stereocenters. The number of hydrogen-bond donors (Lipinski definition) is 1. The van der Waals surface area contributed by atoms with E-state index in [9.17, 15) is 9.59 Å². The molecule has 1 aromatic heterocycles. The molecule has 1 saturated carbocycles. The summed E-state index contributed by atoms with van der Waals surface area (Å²) in [7, 11) is 1.97. The molecule has 138 valence electrons. The van der Waals surface area contributed by atoms with Gasteiger partial charge in [-0.15, -0.1) is 0 Å². The molecule has 0 spiro atoms. The Morgan fingerprint density at radius 3 is 2.77 bits per heavy atom. The molecule has 26 heavy (non-hydrogen) atoms. The molecular formula is C20H26N4O2. The van der Waals surface area contributed by atoms with E-state index in [2.05, 4.69) is 10.3 Å². The third kappa shape index (κ3) is 3.20. The lowest BCUT2D eigenvalue weighted by Crippen LogP contribution is -2.49. The standard InChI is InChI=1S/C20H26N4O2/c1-23-17-9-5-4-8-16(17)22-18(23)12-21-20(26)14-10-11-19(25)24(13-14)15-6-2-3-7-15/h4-5,8-9,14-15H,2-3,6-7,10-13H2,1H3,(H,21,26). The Labute approximate surface area is 153 Å². The lowest BCUT2D eigenvalue weighted by atomic mass is 9.95. The van der Waals surface area contributed by atoms with Crippen LogP contribution in [0.15, 0.2) is 24.3 Å². The van der Waals surface area contributed by atoms with Crippen molar-refractivity contribution in [3.63, 3.8) is 0 Å². The fourth-order valence-corrected chi connectivity index (χ4v) is 4.32. The van der Waals surface area contributed by atoms with Crippen LogP contribution in [0, 0.1) is 5.92 Å². The highest BCUT2D eigenvalue weighted by Gasteiger charge is 2.35. The Morgan fingerprint density at radius 1 is 1.23 bits per heavy atom. The van der Waals surface area contributed by atoms with Crippen LogP contribution < -0.4 is 5.32 Å². The summed E-state index contributed by atoms with van der Waals surface area (Å²) < 4.78 is 2.02. The number of nitrogens with zero attached hydrogens (tertiary/aromatic N) is 3. The molecule has 1 saturated heterocycles. The van der Waals surface area contributed by atoms with Gasteiger partial charge in [0, 0.05) is 26.1 Å². The monoisotopic (exact) mass is 354 g/mol. The van der Waals surface area contributed by atoms with E-state index < -0.39 is 0 Å². The molecular weight excluding hydrogens is 328 g/mol. The smallest absolute Gasteiger partial charge is 0.225 e. The SMILES string of the molecule is Cn1c(CNC(=O)C2CCC(=O)N(C3CCCC3)C2)nc2ccccc21. The number of benzene rings is 1. The predicted octanol–water partition coefficient (Wildman–Crippen LogP) is 2.37. The Kier molecular flexibility index (Phi) is 4.66. The zero-order valence-corrected chi connectivity index (χ0v) is 15.3. The van der Waals surface area contributed by atoms with Gasteiger partial charge in [-0.3, -0.25) is 9.59 Å². The number of imidazole rings is 1. The Hall–Kier alpha value is -2.37. The van der Waals surface area contributed by atoms with Crippen molar-refractivity contribution in [1.29, 1.82) is 0 Å². The molecule has 4 rings (SSSR count). The van der Waals surface area contributed by atoms with Gasteiger partial charge < -0.3 is 14.8 Å². The number of rotatable bonds is 4. The maximum atomic E-state index is 12.7. The van der Waals surface area contributed by atoms with Crippen molar-refractivity contribution < 1.29 is 9.59 Å². The van der Waals surface area contributed by atoms with Crippen molar-refractivity contribution in [2.24, 2.45) is 13.0 Å². The molecule has 0 bridgehead atoms. The highest BCUT2D eigenvalue weighted by Crippen LogP contribution is 2.28. The number of hydrogen-bond acceptors (Lipinski definition) is 3. The van der Waals surface area contributed by atoms with Gasteiger partial charge in [-0.2, -0.15) is 0 Å². The van der Waals surface area contributed by atoms with Crippen LogP contribution in [0.25, 0.3) is 11.0 Å². The summed E-state index contributed by atoms with van der Waals surface area (Å²) in [6.45, 7) is 0.982. The number of aromatic nitrogens is 2. The van der Waals surface area contributed by atoms with Crippen LogP contribution in [0.2, 0.25) is 0 Å². The van der Waals surface area contributed by atoms with Gasteiger partial charge in [-0.25, -0.2) is 4.98 Å². The van der Waals surface area contributed by atoms with Crippen molar-refractivity contribution in [1.82, 2.24) is 19.8 Å². The van der Waals surface area contributed by atoms with Crippen LogP contribution in [0.3, 0.4) is 0 Å². The minimum absolute atomic E-state index is 0.0348. The molecule has 1 aromatic carbocycles. The van der Waals surface area contributed by atoms with E-state index in [0.29, 0.717) is 32.0 Å².